The molecular formula is C18H22N10S2. The van der Waals surface area contributed by atoms with Crippen LogP contribution in [0.25, 0.3) is 0 Å². The molecule has 0 radical (unpaired) electrons. The van der Waals surface area contributed by atoms with Crippen molar-refractivity contribution in [1.29, 1.82) is 0 Å². The minimum absolute atomic E-state index is 0.429. The molecule has 2 aromatic heterocycles. The largest absolute Gasteiger partial charge is 0.294 e. The fourth-order valence-electron chi connectivity index (χ4n) is 2.50. The van der Waals surface area contributed by atoms with Gasteiger partial charge in [-0.2, -0.15) is 10.2 Å². The molecule has 0 aromatic carbocycles. The summed E-state index contributed by atoms with van der Waals surface area (Å²) in [6.07, 6.45) is 10.2. The maximum absolute atomic E-state index is 5.26. The number of nitrogens with zero attached hydrogens (tertiary/aromatic N) is 6. The zero-order valence-electron chi connectivity index (χ0n) is 16.1. The first kappa shape index (κ1) is 21.6. The number of aromatic nitrogens is 2. The molecule has 0 unspecified atom stereocenters. The van der Waals surface area contributed by atoms with E-state index in [9.17, 15) is 0 Å². The molecule has 30 heavy (non-hydrogen) atoms. The first-order chi connectivity index (χ1) is 14.7. The van der Waals surface area contributed by atoms with Crippen LogP contribution in [0.4, 0.5) is 0 Å². The van der Waals surface area contributed by atoms with Crippen molar-refractivity contribution in [2.45, 2.75) is 0 Å². The fraction of sp³-hybridized carbons (Fsp3) is 0.222. The van der Waals surface area contributed by atoms with Gasteiger partial charge in [0.15, 0.2) is 0 Å². The first-order valence-electron chi connectivity index (χ1n) is 9.18. The zero-order valence-corrected chi connectivity index (χ0v) is 17.7. The van der Waals surface area contributed by atoms with Crippen LogP contribution >= 0.6 is 24.4 Å². The minimum Gasteiger partial charge on any atom is -0.294 e. The van der Waals surface area contributed by atoms with Gasteiger partial charge in [0.1, 0.15) is 0 Å². The summed E-state index contributed by atoms with van der Waals surface area (Å²) in [5, 5.41) is 13.1. The molecule has 1 fully saturated rings. The monoisotopic (exact) mass is 442 g/mol. The topological polar surface area (TPSA) is 105 Å². The van der Waals surface area contributed by atoms with Gasteiger partial charge >= 0.3 is 0 Å². The molecule has 156 valence electrons. The third-order valence-electron chi connectivity index (χ3n) is 3.93. The number of rotatable bonds is 6. The van der Waals surface area contributed by atoms with Gasteiger partial charge in [0, 0.05) is 62.1 Å². The summed E-state index contributed by atoms with van der Waals surface area (Å²) in [6, 6.07) is 7.51. The fourth-order valence-corrected chi connectivity index (χ4v) is 2.87. The van der Waals surface area contributed by atoms with Gasteiger partial charge in [0.25, 0.3) is 0 Å². The molecule has 12 heteroatoms. The molecule has 0 saturated carbocycles. The number of piperazine rings is 1. The molecule has 0 aliphatic carbocycles. The van der Waals surface area contributed by atoms with E-state index in [1.54, 1.807) is 37.2 Å². The summed E-state index contributed by atoms with van der Waals surface area (Å²) in [5.74, 6) is 0. The number of hydrogen-bond acceptors (Lipinski definition) is 8. The van der Waals surface area contributed by atoms with Crippen molar-refractivity contribution >= 4 is 47.1 Å². The van der Waals surface area contributed by atoms with E-state index >= 15 is 0 Å². The molecule has 4 N–H and O–H groups in total. The van der Waals surface area contributed by atoms with Crippen LogP contribution in [0.2, 0.25) is 0 Å². The van der Waals surface area contributed by atoms with E-state index in [0.29, 0.717) is 10.2 Å². The maximum Gasteiger partial charge on any atom is 0.201 e. The van der Waals surface area contributed by atoms with Crippen molar-refractivity contribution in [1.82, 2.24) is 41.7 Å². The van der Waals surface area contributed by atoms with E-state index in [1.807, 2.05) is 34.3 Å². The van der Waals surface area contributed by atoms with E-state index < -0.39 is 0 Å². The summed E-state index contributed by atoms with van der Waals surface area (Å²) in [5.41, 5.74) is 13.6. The van der Waals surface area contributed by atoms with Crippen LogP contribution in [-0.4, -0.2) is 68.8 Å². The Morgan fingerprint density at radius 3 is 1.60 bits per heavy atom. The van der Waals surface area contributed by atoms with E-state index in [0.717, 1.165) is 37.3 Å². The Morgan fingerprint density at radius 1 is 0.800 bits per heavy atom. The smallest absolute Gasteiger partial charge is 0.201 e. The molecule has 2 aromatic rings. The Kier molecular flexibility index (Phi) is 8.53. The highest BCUT2D eigenvalue weighted by atomic mass is 32.1. The molecule has 0 spiro atoms. The van der Waals surface area contributed by atoms with Gasteiger partial charge in [-0.25, -0.2) is 10.0 Å². The molecular weight excluding hydrogens is 420 g/mol. The first-order valence-corrected chi connectivity index (χ1v) is 10.00. The molecule has 1 aliphatic heterocycles. The second kappa shape index (κ2) is 11.8. The van der Waals surface area contributed by atoms with Crippen LogP contribution in [0.3, 0.4) is 0 Å². The summed E-state index contributed by atoms with van der Waals surface area (Å²) in [4.78, 5) is 8.05. The van der Waals surface area contributed by atoms with Crippen molar-refractivity contribution in [2.75, 3.05) is 26.2 Å². The third-order valence-corrected chi connectivity index (χ3v) is 4.29. The molecule has 1 aliphatic rings. The van der Waals surface area contributed by atoms with Gasteiger partial charge in [-0.3, -0.25) is 31.7 Å². The highest BCUT2D eigenvalue weighted by Gasteiger charge is 2.17. The summed E-state index contributed by atoms with van der Waals surface area (Å²) >= 11 is 10.5. The normalized spacial score (nSPS) is 15.2. The number of thiocarbonyl (C=S) groups is 2. The average Bonchev–Trinajstić information content (AvgIpc) is 2.77. The molecule has 10 nitrogen and oxygen atoms in total. The van der Waals surface area contributed by atoms with Crippen LogP contribution in [-0.2, 0) is 0 Å². The molecule has 1 saturated heterocycles. The molecule has 3 heterocycles. The van der Waals surface area contributed by atoms with Crippen LogP contribution < -0.4 is 21.7 Å². The second-order valence-electron chi connectivity index (χ2n) is 6.17. The van der Waals surface area contributed by atoms with Crippen molar-refractivity contribution in [3.8, 4) is 0 Å². The van der Waals surface area contributed by atoms with Crippen LogP contribution in [0, 0.1) is 0 Å². The van der Waals surface area contributed by atoms with E-state index in [2.05, 4.69) is 41.9 Å². The lowest BCUT2D eigenvalue weighted by Gasteiger charge is -2.35. The van der Waals surface area contributed by atoms with Crippen LogP contribution in [0.5, 0.6) is 0 Å². The Hall–Kier alpha value is -3.06. The molecule has 0 atom stereocenters. The Balaban J connectivity index is 1.31. The van der Waals surface area contributed by atoms with E-state index in [4.69, 9.17) is 24.4 Å². The van der Waals surface area contributed by atoms with E-state index in [1.165, 1.54) is 0 Å². The maximum atomic E-state index is 5.26. The number of nitrogens with one attached hydrogen (secondary N) is 4. The van der Waals surface area contributed by atoms with E-state index in [-0.39, 0.29) is 0 Å². The average molecular weight is 443 g/mol. The number of hydrazone groups is 2. The zero-order chi connectivity index (χ0) is 21.0. The quantitative estimate of drug-likeness (QED) is 0.282. The van der Waals surface area contributed by atoms with Crippen molar-refractivity contribution < 1.29 is 0 Å². The Morgan fingerprint density at radius 2 is 1.23 bits per heavy atom. The molecule has 0 amide bonds. The van der Waals surface area contributed by atoms with Gasteiger partial charge in [-0.15, -0.1) is 0 Å². The third kappa shape index (κ3) is 7.75. The highest BCUT2D eigenvalue weighted by molar-refractivity contribution is 7.80. The van der Waals surface area contributed by atoms with Gasteiger partial charge in [-0.05, 0) is 36.6 Å². The van der Waals surface area contributed by atoms with Crippen LogP contribution in [0.15, 0.2) is 59.3 Å². The number of pyridine rings is 2. The molecule has 3 rings (SSSR count). The van der Waals surface area contributed by atoms with Gasteiger partial charge in [-0.1, -0.05) is 12.1 Å². The Labute approximate surface area is 185 Å². The second-order valence-corrected chi connectivity index (χ2v) is 6.99. The van der Waals surface area contributed by atoms with Crippen LogP contribution in [0.1, 0.15) is 11.1 Å². The summed E-state index contributed by atoms with van der Waals surface area (Å²) in [7, 11) is 0. The van der Waals surface area contributed by atoms with Crippen molar-refractivity contribution in [3.05, 3.63) is 60.2 Å². The van der Waals surface area contributed by atoms with Gasteiger partial charge in [0.05, 0.1) is 12.4 Å². The number of hydrogen-bond donors (Lipinski definition) is 4. The predicted octanol–water partition coefficient (Wildman–Crippen LogP) is 0.220. The lowest BCUT2D eigenvalue weighted by molar-refractivity contribution is 0.0936. The highest BCUT2D eigenvalue weighted by Crippen LogP contribution is 1.96. The standard InChI is InChI=1S/C18H22N10S2/c29-17(23-21-13-15-3-1-5-19-11-15)25-27-7-9-28(10-8-27)26-18(30)24-22-14-16-4-2-6-20-12-16/h1-6,11-14H,7-10H2,(H2,23,25,29)(H2,24,26,30). The Bertz CT molecular complexity index is 794. The lowest BCUT2D eigenvalue weighted by Crippen LogP contribution is -2.59. The van der Waals surface area contributed by atoms with Gasteiger partial charge < -0.3 is 0 Å². The molecule has 0 bridgehead atoms. The summed E-state index contributed by atoms with van der Waals surface area (Å²) in [6.45, 7) is 3.01. The van der Waals surface area contributed by atoms with Gasteiger partial charge in [0.2, 0.25) is 10.2 Å². The lowest BCUT2D eigenvalue weighted by atomic mass is 10.3. The SMILES string of the molecule is S=C(NN=Cc1cccnc1)NN1CCN(NC(=S)NN=Cc2cccnc2)CC1. The summed E-state index contributed by atoms with van der Waals surface area (Å²) < 4.78 is 0. The van der Waals surface area contributed by atoms with Crippen molar-refractivity contribution in [3.63, 3.8) is 0 Å². The van der Waals surface area contributed by atoms with Crippen molar-refractivity contribution in [2.24, 2.45) is 10.2 Å². The number of hydrazine groups is 2. The minimum atomic E-state index is 0.429. The predicted molar refractivity (Wildman–Crippen MR) is 125 cm³/mol.